The van der Waals surface area contributed by atoms with Gasteiger partial charge in [-0.15, -0.1) is 10.2 Å². The van der Waals surface area contributed by atoms with Crippen molar-refractivity contribution in [1.82, 2.24) is 25.0 Å². The lowest BCUT2D eigenvalue weighted by Gasteiger charge is -2.32. The van der Waals surface area contributed by atoms with Crippen molar-refractivity contribution in [3.63, 3.8) is 0 Å². The second kappa shape index (κ2) is 9.73. The molecule has 1 aromatic heterocycles. The number of carbonyl (C=O) groups is 2. The molecule has 0 radical (unpaired) electrons. The molecule has 0 bridgehead atoms. The molecule has 8 heteroatoms. The summed E-state index contributed by atoms with van der Waals surface area (Å²) in [6.45, 7) is 2.80. The monoisotopic (exact) mass is 473 g/mol. The number of fused-ring (bicyclic) bond motifs is 1. The van der Waals surface area contributed by atoms with E-state index in [1.807, 2.05) is 17.0 Å². The number of piperidine rings is 1. The van der Waals surface area contributed by atoms with Crippen LogP contribution in [0.3, 0.4) is 0 Å². The minimum Gasteiger partial charge on any atom is -0.352 e. The van der Waals surface area contributed by atoms with Crippen LogP contribution in [0.25, 0.3) is 0 Å². The predicted octanol–water partition coefficient (Wildman–Crippen LogP) is 3.29. The topological polar surface area (TPSA) is 80.1 Å². The van der Waals surface area contributed by atoms with Gasteiger partial charge in [0.2, 0.25) is 5.91 Å². The van der Waals surface area contributed by atoms with E-state index in [1.165, 1.54) is 19.3 Å². The maximum absolute atomic E-state index is 12.7. The Morgan fingerprint density at radius 3 is 2.73 bits per heavy atom. The van der Waals surface area contributed by atoms with E-state index in [0.29, 0.717) is 25.1 Å². The number of amides is 2. The Morgan fingerprint density at radius 2 is 1.90 bits per heavy atom. The Hall–Kier alpha value is -2.22. The maximum atomic E-state index is 12.7. The average molecular weight is 474 g/mol. The van der Waals surface area contributed by atoms with E-state index in [4.69, 9.17) is 0 Å². The van der Waals surface area contributed by atoms with E-state index >= 15 is 0 Å². The number of carbonyl (C=O) groups excluding carboxylic acids is 2. The molecule has 7 nitrogen and oxygen atoms in total. The predicted molar refractivity (Wildman–Crippen MR) is 117 cm³/mol. The third-order valence-corrected chi connectivity index (χ3v) is 6.54. The minimum atomic E-state index is -0.155. The van der Waals surface area contributed by atoms with Gasteiger partial charge >= 0.3 is 0 Å². The summed E-state index contributed by atoms with van der Waals surface area (Å²) in [5.74, 6) is 2.33. The maximum Gasteiger partial charge on any atom is 0.251 e. The Balaban J connectivity index is 1.30. The molecule has 1 saturated heterocycles. The Labute approximate surface area is 185 Å². The average Bonchev–Trinajstić information content (AvgIpc) is 3.02. The summed E-state index contributed by atoms with van der Waals surface area (Å²) in [6, 6.07) is 7.19. The Morgan fingerprint density at radius 1 is 1.07 bits per heavy atom. The zero-order valence-electron chi connectivity index (χ0n) is 17.1. The highest BCUT2D eigenvalue weighted by Crippen LogP contribution is 2.28. The zero-order valence-corrected chi connectivity index (χ0v) is 18.7. The van der Waals surface area contributed by atoms with E-state index in [9.17, 15) is 9.59 Å². The van der Waals surface area contributed by atoms with Gasteiger partial charge < -0.3 is 14.8 Å². The number of halogens is 1. The van der Waals surface area contributed by atoms with Crippen molar-refractivity contribution >= 4 is 27.7 Å². The number of rotatable bonds is 5. The molecule has 1 fully saturated rings. The zero-order chi connectivity index (χ0) is 20.9. The first-order chi connectivity index (χ1) is 14.6. The molecule has 3 heterocycles. The molecule has 1 N–H and O–H groups in total. The molecule has 2 aliphatic rings. The number of nitrogens with zero attached hydrogens (tertiary/aromatic N) is 4. The van der Waals surface area contributed by atoms with Crippen molar-refractivity contribution in [2.75, 3.05) is 19.6 Å². The van der Waals surface area contributed by atoms with Crippen LogP contribution in [0, 0.1) is 0 Å². The summed E-state index contributed by atoms with van der Waals surface area (Å²) in [6.07, 6.45) is 6.92. The SMILES string of the molecule is O=C(NCCC(=O)N1CCCC(c2nnc3n2CCCCC3)C1)c1ccc(Br)cc1. The van der Waals surface area contributed by atoms with E-state index < -0.39 is 0 Å². The van der Waals surface area contributed by atoms with Crippen LogP contribution < -0.4 is 5.32 Å². The summed E-state index contributed by atoms with van der Waals surface area (Å²) in [7, 11) is 0. The molecule has 1 atom stereocenters. The van der Waals surface area contributed by atoms with Gasteiger partial charge in [0.05, 0.1) is 0 Å². The molecular formula is C22H28BrN5O2. The number of hydrogen-bond donors (Lipinski definition) is 1. The summed E-state index contributed by atoms with van der Waals surface area (Å²) in [5.41, 5.74) is 0.594. The van der Waals surface area contributed by atoms with Gasteiger partial charge in [-0.1, -0.05) is 22.4 Å². The van der Waals surface area contributed by atoms with Crippen molar-refractivity contribution in [2.45, 2.75) is 57.4 Å². The molecule has 0 aliphatic carbocycles. The van der Waals surface area contributed by atoms with E-state index in [0.717, 1.165) is 48.5 Å². The van der Waals surface area contributed by atoms with Gasteiger partial charge in [-0.25, -0.2) is 0 Å². The van der Waals surface area contributed by atoms with Crippen molar-refractivity contribution in [1.29, 1.82) is 0 Å². The van der Waals surface area contributed by atoms with Gasteiger partial charge in [0.25, 0.3) is 5.91 Å². The highest BCUT2D eigenvalue weighted by Gasteiger charge is 2.29. The van der Waals surface area contributed by atoms with Crippen LogP contribution in [0.4, 0.5) is 0 Å². The smallest absolute Gasteiger partial charge is 0.251 e. The van der Waals surface area contributed by atoms with Crippen molar-refractivity contribution in [2.24, 2.45) is 0 Å². The lowest BCUT2D eigenvalue weighted by atomic mass is 9.96. The molecular weight excluding hydrogens is 446 g/mol. The van der Waals surface area contributed by atoms with Gasteiger partial charge in [-0.2, -0.15) is 0 Å². The molecule has 2 aliphatic heterocycles. The molecule has 160 valence electrons. The Bertz CT molecular complexity index is 895. The number of hydrogen-bond acceptors (Lipinski definition) is 4. The fourth-order valence-corrected chi connectivity index (χ4v) is 4.63. The Kier molecular flexibility index (Phi) is 6.82. The molecule has 0 saturated carbocycles. The van der Waals surface area contributed by atoms with Crippen LogP contribution in [-0.4, -0.2) is 51.1 Å². The number of benzene rings is 1. The second-order valence-electron chi connectivity index (χ2n) is 8.13. The lowest BCUT2D eigenvalue weighted by molar-refractivity contribution is -0.132. The molecule has 2 amide bonds. The van der Waals surface area contributed by atoms with E-state index in [-0.39, 0.29) is 17.7 Å². The fourth-order valence-electron chi connectivity index (χ4n) is 4.37. The lowest BCUT2D eigenvalue weighted by Crippen LogP contribution is -2.41. The minimum absolute atomic E-state index is 0.0893. The van der Waals surface area contributed by atoms with Gasteiger partial charge in [-0.3, -0.25) is 9.59 Å². The summed E-state index contributed by atoms with van der Waals surface area (Å²) >= 11 is 3.36. The summed E-state index contributed by atoms with van der Waals surface area (Å²) in [5, 5.41) is 11.8. The van der Waals surface area contributed by atoms with Crippen molar-refractivity contribution in [3.8, 4) is 0 Å². The van der Waals surface area contributed by atoms with Crippen molar-refractivity contribution in [3.05, 3.63) is 46.0 Å². The third-order valence-electron chi connectivity index (χ3n) is 6.01. The van der Waals surface area contributed by atoms with E-state index in [1.54, 1.807) is 12.1 Å². The van der Waals surface area contributed by atoms with Crippen LogP contribution in [-0.2, 0) is 17.8 Å². The summed E-state index contributed by atoms with van der Waals surface area (Å²) < 4.78 is 3.22. The quantitative estimate of drug-likeness (QED) is 0.722. The molecule has 2 aromatic rings. The highest BCUT2D eigenvalue weighted by molar-refractivity contribution is 9.10. The molecule has 4 rings (SSSR count). The van der Waals surface area contributed by atoms with Crippen LogP contribution in [0.2, 0.25) is 0 Å². The van der Waals surface area contributed by atoms with Crippen LogP contribution >= 0.6 is 15.9 Å². The highest BCUT2D eigenvalue weighted by atomic mass is 79.9. The first kappa shape index (κ1) is 21.0. The van der Waals surface area contributed by atoms with Gasteiger partial charge in [0.15, 0.2) is 0 Å². The van der Waals surface area contributed by atoms with Crippen molar-refractivity contribution < 1.29 is 9.59 Å². The fraction of sp³-hybridized carbons (Fsp3) is 0.545. The summed E-state index contributed by atoms with van der Waals surface area (Å²) in [4.78, 5) is 26.9. The molecule has 30 heavy (non-hydrogen) atoms. The number of nitrogens with one attached hydrogen (secondary N) is 1. The van der Waals surface area contributed by atoms with Crippen LogP contribution in [0.15, 0.2) is 28.7 Å². The molecule has 0 spiro atoms. The number of likely N-dealkylation sites (tertiary alicyclic amines) is 1. The largest absolute Gasteiger partial charge is 0.352 e. The van der Waals surface area contributed by atoms with Gasteiger partial charge in [0.1, 0.15) is 11.6 Å². The van der Waals surface area contributed by atoms with E-state index in [2.05, 4.69) is 36.0 Å². The van der Waals surface area contributed by atoms with Gasteiger partial charge in [-0.05, 0) is 49.9 Å². The first-order valence-corrected chi connectivity index (χ1v) is 11.6. The first-order valence-electron chi connectivity index (χ1n) is 10.9. The number of aromatic nitrogens is 3. The number of aryl methyl sites for hydroxylation is 1. The van der Waals surface area contributed by atoms with Gasteiger partial charge in [0, 0.05) is 55.0 Å². The third kappa shape index (κ3) is 4.91. The van der Waals surface area contributed by atoms with Crippen LogP contribution in [0.1, 0.15) is 66.4 Å². The second-order valence-corrected chi connectivity index (χ2v) is 9.04. The molecule has 1 aromatic carbocycles. The van der Waals surface area contributed by atoms with Crippen LogP contribution in [0.5, 0.6) is 0 Å². The molecule has 1 unspecified atom stereocenters. The standard InChI is InChI=1S/C22H28BrN5O2/c23-18-9-7-16(8-10-18)22(30)24-12-11-20(29)27-13-4-5-17(15-27)21-26-25-19-6-2-1-3-14-28(19)21/h7-10,17H,1-6,11-15H2,(H,24,30). The normalized spacial score (nSPS) is 19.1.